The fourth-order valence-corrected chi connectivity index (χ4v) is 6.48. The van der Waals surface area contributed by atoms with Crippen LogP contribution in [0.1, 0.15) is 48.9 Å². The molecule has 0 aliphatic heterocycles. The first-order chi connectivity index (χ1) is 20.9. The van der Waals surface area contributed by atoms with Crippen LogP contribution in [-0.4, -0.2) is 17.9 Å². The summed E-state index contributed by atoms with van der Waals surface area (Å²) < 4.78 is 33.1. The molecule has 0 unspecified atom stereocenters. The van der Waals surface area contributed by atoms with Crippen molar-refractivity contribution in [1.29, 1.82) is 5.26 Å². The first kappa shape index (κ1) is 29.9. The number of ether oxygens (including phenoxy) is 1. The third-order valence-corrected chi connectivity index (χ3v) is 8.77. The minimum absolute atomic E-state index is 0.0869. The SMILES string of the molecule is COc1ccc(/C=C/C(=O)c2ccc(Cc3ccccc3)s2)cc1CSc1nc(C(F)F)cc(-c2ccccc2)c1C#N. The van der Waals surface area contributed by atoms with E-state index < -0.39 is 6.43 Å². The number of hydrogen-bond acceptors (Lipinski definition) is 6. The highest BCUT2D eigenvalue weighted by Crippen LogP contribution is 2.36. The fraction of sp³-hybridized carbons (Fsp3) is 0.114. The van der Waals surface area contributed by atoms with Crippen molar-refractivity contribution < 1.29 is 18.3 Å². The molecule has 2 heterocycles. The van der Waals surface area contributed by atoms with Crippen molar-refractivity contribution in [2.45, 2.75) is 23.6 Å². The van der Waals surface area contributed by atoms with Crippen LogP contribution in [0, 0.1) is 11.3 Å². The molecule has 0 amide bonds. The molecule has 5 rings (SSSR count). The normalized spacial score (nSPS) is 11.1. The number of carbonyl (C=O) groups is 1. The third-order valence-electron chi connectivity index (χ3n) is 6.65. The largest absolute Gasteiger partial charge is 0.496 e. The van der Waals surface area contributed by atoms with Crippen LogP contribution >= 0.6 is 23.1 Å². The molecule has 0 radical (unpaired) electrons. The summed E-state index contributed by atoms with van der Waals surface area (Å²) in [7, 11) is 1.55. The number of nitrogens with zero attached hydrogens (tertiary/aromatic N) is 2. The van der Waals surface area contributed by atoms with E-state index in [0.717, 1.165) is 22.4 Å². The van der Waals surface area contributed by atoms with Gasteiger partial charge in [-0.05, 0) is 53.1 Å². The van der Waals surface area contributed by atoms with Crippen LogP contribution in [0.25, 0.3) is 17.2 Å². The number of ketones is 1. The summed E-state index contributed by atoms with van der Waals surface area (Å²) >= 11 is 2.67. The van der Waals surface area contributed by atoms with Gasteiger partial charge >= 0.3 is 0 Å². The molecule has 8 heteroatoms. The number of nitriles is 1. The van der Waals surface area contributed by atoms with Crippen molar-refractivity contribution in [2.75, 3.05) is 7.11 Å². The van der Waals surface area contributed by atoms with Gasteiger partial charge in [0.2, 0.25) is 0 Å². The Bertz CT molecular complexity index is 1800. The predicted octanol–water partition coefficient (Wildman–Crippen LogP) is 9.41. The van der Waals surface area contributed by atoms with Crippen molar-refractivity contribution in [2.24, 2.45) is 0 Å². The topological polar surface area (TPSA) is 63.0 Å². The van der Waals surface area contributed by atoms with Gasteiger partial charge in [0.25, 0.3) is 6.43 Å². The van der Waals surface area contributed by atoms with E-state index in [0.29, 0.717) is 27.5 Å². The number of pyridine rings is 1. The number of methoxy groups -OCH3 is 1. The molecule has 3 aromatic carbocycles. The van der Waals surface area contributed by atoms with Gasteiger partial charge < -0.3 is 4.74 Å². The van der Waals surface area contributed by atoms with Gasteiger partial charge in [-0.2, -0.15) is 5.26 Å². The van der Waals surface area contributed by atoms with Crippen molar-refractivity contribution in [3.8, 4) is 22.9 Å². The predicted molar refractivity (Wildman–Crippen MR) is 169 cm³/mol. The molecule has 0 N–H and O–H groups in total. The van der Waals surface area contributed by atoms with Crippen LogP contribution in [0.2, 0.25) is 0 Å². The van der Waals surface area contributed by atoms with E-state index in [-0.39, 0.29) is 22.1 Å². The van der Waals surface area contributed by atoms with Crippen LogP contribution < -0.4 is 4.74 Å². The summed E-state index contributed by atoms with van der Waals surface area (Å²) in [6.07, 6.45) is 1.28. The number of halogens is 2. The van der Waals surface area contributed by atoms with E-state index in [1.807, 2.05) is 48.5 Å². The van der Waals surface area contributed by atoms with Crippen LogP contribution in [-0.2, 0) is 12.2 Å². The second kappa shape index (κ2) is 14.1. The smallest absolute Gasteiger partial charge is 0.280 e. The fourth-order valence-electron chi connectivity index (χ4n) is 4.53. The summed E-state index contributed by atoms with van der Waals surface area (Å²) in [5.41, 5.74) is 3.68. The Kier molecular flexibility index (Phi) is 9.77. The number of hydrogen-bond donors (Lipinski definition) is 0. The van der Waals surface area contributed by atoms with Crippen LogP contribution in [0.15, 0.2) is 108 Å². The summed E-state index contributed by atoms with van der Waals surface area (Å²) in [4.78, 5) is 18.8. The van der Waals surface area contributed by atoms with E-state index in [1.165, 1.54) is 34.7 Å². The van der Waals surface area contributed by atoms with E-state index in [4.69, 9.17) is 4.74 Å². The minimum atomic E-state index is -2.78. The lowest BCUT2D eigenvalue weighted by Gasteiger charge is -2.13. The third kappa shape index (κ3) is 7.44. The molecule has 0 saturated carbocycles. The number of alkyl halides is 2. The average molecular weight is 609 g/mol. The van der Waals surface area contributed by atoms with Gasteiger partial charge in [-0.1, -0.05) is 72.8 Å². The Balaban J connectivity index is 1.35. The van der Waals surface area contributed by atoms with Gasteiger partial charge in [0.05, 0.1) is 17.6 Å². The number of rotatable bonds is 11. The van der Waals surface area contributed by atoms with Gasteiger partial charge in [0.1, 0.15) is 22.5 Å². The highest BCUT2D eigenvalue weighted by Gasteiger charge is 2.20. The molecule has 0 bridgehead atoms. The first-order valence-electron chi connectivity index (χ1n) is 13.4. The highest BCUT2D eigenvalue weighted by molar-refractivity contribution is 7.98. The van der Waals surface area contributed by atoms with E-state index in [1.54, 1.807) is 49.6 Å². The standard InChI is InChI=1S/C35H26F2N2O2S2/c1-41-32-16-13-24(12-15-31(40)33-17-14-27(43-33)19-23-8-4-2-5-9-23)18-26(32)22-42-35-29(21-38)28(20-30(39-35)34(36)37)25-10-6-3-7-11-25/h2-18,20,34H,19,22H2,1H3/b15-12+. The maximum atomic E-state index is 13.8. The molecular weight excluding hydrogens is 583 g/mol. The molecule has 0 saturated heterocycles. The van der Waals surface area contributed by atoms with Crippen molar-refractivity contribution >= 4 is 35.0 Å². The lowest BCUT2D eigenvalue weighted by Crippen LogP contribution is -1.99. The van der Waals surface area contributed by atoms with Crippen LogP contribution in [0.4, 0.5) is 8.78 Å². The van der Waals surface area contributed by atoms with E-state index in [9.17, 15) is 18.8 Å². The molecule has 214 valence electrons. The summed E-state index contributed by atoms with van der Waals surface area (Å²) in [5, 5.41) is 10.2. The zero-order valence-electron chi connectivity index (χ0n) is 23.2. The Hall–Kier alpha value is -4.58. The van der Waals surface area contributed by atoms with Gasteiger partial charge in [0.15, 0.2) is 5.78 Å². The molecule has 0 spiro atoms. The first-order valence-corrected chi connectivity index (χ1v) is 15.2. The number of benzene rings is 3. The Morgan fingerprint density at radius 3 is 2.47 bits per heavy atom. The number of aromatic nitrogens is 1. The van der Waals surface area contributed by atoms with E-state index in [2.05, 4.69) is 23.2 Å². The van der Waals surface area contributed by atoms with Crippen LogP contribution in [0.5, 0.6) is 5.75 Å². The van der Waals surface area contributed by atoms with Gasteiger partial charge in [0, 0.05) is 28.2 Å². The van der Waals surface area contributed by atoms with Crippen molar-refractivity contribution in [3.63, 3.8) is 0 Å². The Morgan fingerprint density at radius 1 is 1.02 bits per heavy atom. The zero-order valence-corrected chi connectivity index (χ0v) is 24.8. The summed E-state index contributed by atoms with van der Waals surface area (Å²) in [6, 6.07) is 31.9. The monoisotopic (exact) mass is 608 g/mol. The number of thioether (sulfide) groups is 1. The maximum absolute atomic E-state index is 13.8. The van der Waals surface area contributed by atoms with Crippen molar-refractivity contribution in [1.82, 2.24) is 4.98 Å². The quantitative estimate of drug-likeness (QED) is 0.0849. The van der Waals surface area contributed by atoms with E-state index >= 15 is 0 Å². The number of thiophene rings is 1. The molecular formula is C35H26F2N2O2S2. The number of allylic oxidation sites excluding steroid dienone is 1. The molecule has 2 aromatic heterocycles. The Labute approximate surface area is 257 Å². The molecule has 0 aliphatic rings. The highest BCUT2D eigenvalue weighted by atomic mass is 32.2. The molecule has 5 aromatic rings. The average Bonchev–Trinajstić information content (AvgIpc) is 3.51. The van der Waals surface area contributed by atoms with Gasteiger partial charge in [-0.25, -0.2) is 13.8 Å². The van der Waals surface area contributed by atoms with Gasteiger partial charge in [-0.15, -0.1) is 23.1 Å². The van der Waals surface area contributed by atoms with Crippen LogP contribution in [0.3, 0.4) is 0 Å². The minimum Gasteiger partial charge on any atom is -0.496 e. The molecule has 43 heavy (non-hydrogen) atoms. The lowest BCUT2D eigenvalue weighted by atomic mass is 10.0. The van der Waals surface area contributed by atoms with Crippen molar-refractivity contribution in [3.05, 3.63) is 141 Å². The second-order valence-electron chi connectivity index (χ2n) is 9.54. The number of carbonyl (C=O) groups excluding carboxylic acids is 1. The zero-order chi connectivity index (χ0) is 30.2. The summed E-state index contributed by atoms with van der Waals surface area (Å²) in [6.45, 7) is 0. The summed E-state index contributed by atoms with van der Waals surface area (Å²) in [5.74, 6) is 0.831. The second-order valence-corrected chi connectivity index (χ2v) is 11.7. The molecule has 0 aliphatic carbocycles. The Morgan fingerprint density at radius 2 is 1.77 bits per heavy atom. The lowest BCUT2D eigenvalue weighted by molar-refractivity contribution is 0.105. The maximum Gasteiger partial charge on any atom is 0.280 e. The molecule has 0 atom stereocenters. The molecule has 0 fully saturated rings. The molecule has 4 nitrogen and oxygen atoms in total. The van der Waals surface area contributed by atoms with Gasteiger partial charge in [-0.3, -0.25) is 4.79 Å².